The van der Waals surface area contributed by atoms with Crippen LogP contribution in [0.1, 0.15) is 22.3 Å². The molecule has 172 valence electrons. The van der Waals surface area contributed by atoms with Crippen molar-refractivity contribution in [1.29, 1.82) is 0 Å². The molecule has 0 aromatic heterocycles. The fraction of sp³-hybridized carbons (Fsp3) is 0.241. The van der Waals surface area contributed by atoms with E-state index >= 15 is 0 Å². The highest BCUT2D eigenvalue weighted by Gasteiger charge is 2.43. The SMILES string of the molecule is Cc1cccc(N2CCN(C3=C(c4ccccc4)C(=O)N(c4cc(C)cc(C)c4)C3=O)CC2)c1. The zero-order valence-corrected chi connectivity index (χ0v) is 19.9. The maximum atomic E-state index is 13.8. The molecule has 0 spiro atoms. The van der Waals surface area contributed by atoms with Crippen molar-refractivity contribution in [3.63, 3.8) is 0 Å². The van der Waals surface area contributed by atoms with Gasteiger partial charge in [-0.25, -0.2) is 4.90 Å². The van der Waals surface area contributed by atoms with Crippen LogP contribution in [0.15, 0.2) is 78.5 Å². The molecule has 0 saturated carbocycles. The van der Waals surface area contributed by atoms with Gasteiger partial charge in [0.05, 0.1) is 11.3 Å². The predicted molar refractivity (Wildman–Crippen MR) is 137 cm³/mol. The summed E-state index contributed by atoms with van der Waals surface area (Å²) in [5.41, 5.74) is 6.90. The summed E-state index contributed by atoms with van der Waals surface area (Å²) in [5, 5.41) is 0. The lowest BCUT2D eigenvalue weighted by Gasteiger charge is -2.37. The monoisotopic (exact) mass is 451 g/mol. The molecule has 5 nitrogen and oxygen atoms in total. The van der Waals surface area contributed by atoms with Crippen molar-refractivity contribution in [3.05, 3.63) is 101 Å². The number of anilines is 2. The maximum absolute atomic E-state index is 13.8. The number of benzene rings is 3. The normalized spacial score (nSPS) is 16.6. The Kier molecular flexibility index (Phi) is 5.70. The molecule has 1 saturated heterocycles. The van der Waals surface area contributed by atoms with Gasteiger partial charge in [0.25, 0.3) is 11.8 Å². The number of nitrogens with zero attached hydrogens (tertiary/aromatic N) is 3. The minimum absolute atomic E-state index is 0.238. The van der Waals surface area contributed by atoms with Crippen molar-refractivity contribution in [1.82, 2.24) is 4.90 Å². The van der Waals surface area contributed by atoms with E-state index < -0.39 is 0 Å². The van der Waals surface area contributed by atoms with Crippen LogP contribution in [0.5, 0.6) is 0 Å². The van der Waals surface area contributed by atoms with Gasteiger partial charge in [-0.1, -0.05) is 48.5 Å². The summed E-state index contributed by atoms with van der Waals surface area (Å²) in [6.07, 6.45) is 0. The van der Waals surface area contributed by atoms with E-state index in [4.69, 9.17) is 0 Å². The van der Waals surface area contributed by atoms with Crippen molar-refractivity contribution >= 4 is 28.8 Å². The standard InChI is InChI=1S/C29H29N3O2/c1-20-8-7-11-24(17-20)30-12-14-31(15-13-30)27-26(23-9-5-4-6-10-23)28(33)32(29(27)34)25-18-21(2)16-22(3)19-25/h4-11,16-19H,12-15H2,1-3H3. The summed E-state index contributed by atoms with van der Waals surface area (Å²) >= 11 is 0. The molecular weight excluding hydrogens is 422 g/mol. The summed E-state index contributed by atoms with van der Waals surface area (Å²) < 4.78 is 0. The van der Waals surface area contributed by atoms with E-state index in [0.29, 0.717) is 30.0 Å². The van der Waals surface area contributed by atoms with Gasteiger partial charge in [-0.15, -0.1) is 0 Å². The Balaban J connectivity index is 1.50. The van der Waals surface area contributed by atoms with Crippen LogP contribution in [0, 0.1) is 20.8 Å². The summed E-state index contributed by atoms with van der Waals surface area (Å²) in [7, 11) is 0. The van der Waals surface area contributed by atoms with Crippen LogP contribution in [0.2, 0.25) is 0 Å². The molecule has 3 aromatic carbocycles. The van der Waals surface area contributed by atoms with Gasteiger partial charge in [-0.2, -0.15) is 0 Å². The van der Waals surface area contributed by atoms with Gasteiger partial charge in [-0.05, 0) is 67.3 Å². The van der Waals surface area contributed by atoms with E-state index in [2.05, 4.69) is 41.0 Å². The zero-order chi connectivity index (χ0) is 23.8. The smallest absolute Gasteiger partial charge is 0.282 e. The van der Waals surface area contributed by atoms with E-state index in [1.54, 1.807) is 0 Å². The quantitative estimate of drug-likeness (QED) is 0.539. The molecular formula is C29H29N3O2. The fourth-order valence-electron chi connectivity index (χ4n) is 5.00. The lowest BCUT2D eigenvalue weighted by molar-refractivity contribution is -0.120. The van der Waals surface area contributed by atoms with Gasteiger partial charge >= 0.3 is 0 Å². The molecule has 3 aromatic rings. The summed E-state index contributed by atoms with van der Waals surface area (Å²) in [6, 6.07) is 23.9. The van der Waals surface area contributed by atoms with Gasteiger partial charge in [0.15, 0.2) is 0 Å². The molecule has 1 fully saturated rings. The molecule has 0 atom stereocenters. The third kappa shape index (κ3) is 3.98. The largest absolute Gasteiger partial charge is 0.368 e. The Hall–Kier alpha value is -3.86. The molecule has 2 aliphatic heterocycles. The van der Waals surface area contributed by atoms with E-state index in [9.17, 15) is 9.59 Å². The lowest BCUT2D eigenvalue weighted by atomic mass is 10.0. The van der Waals surface area contributed by atoms with Crippen LogP contribution in [0.25, 0.3) is 5.57 Å². The molecule has 0 aliphatic carbocycles. The van der Waals surface area contributed by atoms with Gasteiger partial charge in [0.1, 0.15) is 5.70 Å². The third-order valence-corrected chi connectivity index (χ3v) is 6.55. The summed E-state index contributed by atoms with van der Waals surface area (Å²) in [6.45, 7) is 9.01. The number of hydrogen-bond donors (Lipinski definition) is 0. The summed E-state index contributed by atoms with van der Waals surface area (Å²) in [5.74, 6) is -0.491. The van der Waals surface area contributed by atoms with Gasteiger partial charge in [-0.3, -0.25) is 9.59 Å². The third-order valence-electron chi connectivity index (χ3n) is 6.55. The van der Waals surface area contributed by atoms with Gasteiger partial charge < -0.3 is 9.80 Å². The van der Waals surface area contributed by atoms with Crippen LogP contribution in [0.3, 0.4) is 0 Å². The number of carbonyl (C=O) groups excluding carboxylic acids is 2. The zero-order valence-electron chi connectivity index (χ0n) is 19.9. The Morgan fingerprint density at radius 2 is 1.21 bits per heavy atom. The molecule has 34 heavy (non-hydrogen) atoms. The first-order chi connectivity index (χ1) is 16.4. The Morgan fingerprint density at radius 3 is 1.85 bits per heavy atom. The highest BCUT2D eigenvalue weighted by Crippen LogP contribution is 2.36. The second-order valence-corrected chi connectivity index (χ2v) is 9.19. The molecule has 2 amide bonds. The van der Waals surface area contributed by atoms with Crippen LogP contribution in [-0.2, 0) is 9.59 Å². The lowest BCUT2D eigenvalue weighted by Crippen LogP contribution is -2.47. The van der Waals surface area contributed by atoms with Gasteiger partial charge in [0, 0.05) is 31.9 Å². The van der Waals surface area contributed by atoms with E-state index in [1.165, 1.54) is 16.2 Å². The molecule has 0 radical (unpaired) electrons. The first kappa shape index (κ1) is 22.0. The molecule has 2 aliphatic rings. The van der Waals surface area contributed by atoms with Crippen LogP contribution < -0.4 is 9.80 Å². The average molecular weight is 452 g/mol. The maximum Gasteiger partial charge on any atom is 0.282 e. The van der Waals surface area contributed by atoms with Gasteiger partial charge in [0.2, 0.25) is 0 Å². The Bertz CT molecular complexity index is 1270. The number of hydrogen-bond acceptors (Lipinski definition) is 4. The predicted octanol–water partition coefficient (Wildman–Crippen LogP) is 4.72. The van der Waals surface area contributed by atoms with E-state index in [-0.39, 0.29) is 11.8 Å². The minimum atomic E-state index is -0.252. The molecule has 0 N–H and O–H groups in total. The average Bonchev–Trinajstić information content (AvgIpc) is 3.09. The molecule has 2 heterocycles. The van der Waals surface area contributed by atoms with Crippen molar-refractivity contribution in [3.8, 4) is 0 Å². The highest BCUT2D eigenvalue weighted by molar-refractivity contribution is 6.45. The highest BCUT2D eigenvalue weighted by atomic mass is 16.2. The van der Waals surface area contributed by atoms with Crippen molar-refractivity contribution in [2.45, 2.75) is 20.8 Å². The Labute approximate surface area is 200 Å². The first-order valence-corrected chi connectivity index (χ1v) is 11.8. The number of rotatable bonds is 4. The number of imide groups is 1. The number of amides is 2. The van der Waals surface area contributed by atoms with Crippen molar-refractivity contribution in [2.75, 3.05) is 36.0 Å². The van der Waals surface area contributed by atoms with Crippen molar-refractivity contribution < 1.29 is 9.59 Å². The second kappa shape index (κ2) is 8.82. The van der Waals surface area contributed by atoms with E-state index in [0.717, 1.165) is 29.8 Å². The van der Waals surface area contributed by atoms with E-state index in [1.807, 2.05) is 62.4 Å². The molecule has 5 heteroatoms. The molecule has 0 bridgehead atoms. The summed E-state index contributed by atoms with van der Waals surface area (Å²) in [4.78, 5) is 33.3. The second-order valence-electron chi connectivity index (χ2n) is 9.19. The van der Waals surface area contributed by atoms with Crippen LogP contribution in [0.4, 0.5) is 11.4 Å². The minimum Gasteiger partial charge on any atom is -0.368 e. The molecule has 0 unspecified atom stereocenters. The Morgan fingerprint density at radius 1 is 0.588 bits per heavy atom. The molecule has 5 rings (SSSR count). The van der Waals surface area contributed by atoms with Crippen LogP contribution >= 0.6 is 0 Å². The number of carbonyl (C=O) groups is 2. The topological polar surface area (TPSA) is 43.9 Å². The van der Waals surface area contributed by atoms with Crippen LogP contribution in [-0.4, -0.2) is 42.9 Å². The fourth-order valence-corrected chi connectivity index (χ4v) is 5.00. The first-order valence-electron chi connectivity index (χ1n) is 11.8. The van der Waals surface area contributed by atoms with Crippen molar-refractivity contribution in [2.24, 2.45) is 0 Å². The number of aryl methyl sites for hydroxylation is 3. The number of piperazine rings is 1.